The van der Waals surface area contributed by atoms with E-state index in [-0.39, 0.29) is 5.41 Å². The maximum Gasteiger partial charge on any atom is 0.314 e. The van der Waals surface area contributed by atoms with E-state index in [1.165, 1.54) is 0 Å². The minimum Gasteiger partial charge on any atom is -0.489 e. The van der Waals surface area contributed by atoms with Gasteiger partial charge >= 0.3 is 5.97 Å². The summed E-state index contributed by atoms with van der Waals surface area (Å²) in [7, 11) is 0. The average Bonchev–Trinajstić information content (AvgIpc) is 3.16. The van der Waals surface area contributed by atoms with E-state index in [0.717, 1.165) is 30.6 Å². The molecule has 1 aromatic rings. The zero-order chi connectivity index (χ0) is 13.8. The zero-order valence-corrected chi connectivity index (χ0v) is 11.4. The molecular formula is C16H18O4. The Morgan fingerprint density at radius 1 is 1.05 bits per heavy atom. The Bertz CT molecular complexity index is 570. The van der Waals surface area contributed by atoms with E-state index in [0.29, 0.717) is 31.8 Å². The van der Waals surface area contributed by atoms with Crippen molar-refractivity contribution >= 4 is 5.97 Å². The van der Waals surface area contributed by atoms with Crippen molar-refractivity contribution in [3.8, 4) is 11.5 Å². The van der Waals surface area contributed by atoms with Gasteiger partial charge in [0.25, 0.3) is 0 Å². The molecule has 1 aromatic carbocycles. The van der Waals surface area contributed by atoms with Crippen LogP contribution in [0.1, 0.15) is 37.7 Å². The lowest BCUT2D eigenvalue weighted by Crippen LogP contribution is -2.42. The number of benzene rings is 1. The molecule has 0 radical (unpaired) electrons. The van der Waals surface area contributed by atoms with E-state index in [2.05, 4.69) is 0 Å². The zero-order valence-electron chi connectivity index (χ0n) is 11.4. The summed E-state index contributed by atoms with van der Waals surface area (Å²) in [4.78, 5) is 11.6. The van der Waals surface area contributed by atoms with Gasteiger partial charge in [-0.2, -0.15) is 0 Å². The molecule has 1 spiro atoms. The van der Waals surface area contributed by atoms with E-state index >= 15 is 0 Å². The number of fused-ring (bicyclic) bond motifs is 1. The quantitative estimate of drug-likeness (QED) is 0.901. The van der Waals surface area contributed by atoms with Gasteiger partial charge in [0.05, 0.1) is 18.6 Å². The Balaban J connectivity index is 1.68. The van der Waals surface area contributed by atoms with Crippen LogP contribution in [-0.4, -0.2) is 24.3 Å². The minimum atomic E-state index is -0.725. The van der Waals surface area contributed by atoms with Gasteiger partial charge in [-0.05, 0) is 43.4 Å². The predicted octanol–water partition coefficient (Wildman–Crippen LogP) is 2.74. The van der Waals surface area contributed by atoms with Crippen LogP contribution in [0.2, 0.25) is 0 Å². The van der Waals surface area contributed by atoms with Crippen LogP contribution in [0, 0.1) is 5.41 Å². The highest BCUT2D eigenvalue weighted by Gasteiger charge is 2.48. The molecule has 1 N–H and O–H groups in total. The Hall–Kier alpha value is -1.71. The van der Waals surface area contributed by atoms with Gasteiger partial charge in [-0.15, -0.1) is 0 Å². The van der Waals surface area contributed by atoms with Crippen LogP contribution in [-0.2, 0) is 10.2 Å². The fourth-order valence-corrected chi connectivity index (χ4v) is 3.16. The summed E-state index contributed by atoms with van der Waals surface area (Å²) >= 11 is 0. The van der Waals surface area contributed by atoms with E-state index in [1.54, 1.807) is 0 Å². The van der Waals surface area contributed by atoms with Crippen molar-refractivity contribution in [3.05, 3.63) is 23.8 Å². The molecule has 1 heterocycles. The first-order valence-corrected chi connectivity index (χ1v) is 7.27. The molecule has 2 saturated carbocycles. The van der Waals surface area contributed by atoms with Gasteiger partial charge in [-0.1, -0.05) is 12.5 Å². The molecule has 4 nitrogen and oxygen atoms in total. The van der Waals surface area contributed by atoms with Gasteiger partial charge in [0.2, 0.25) is 0 Å². The summed E-state index contributed by atoms with van der Waals surface area (Å²) in [6.45, 7) is 1.40. The Kier molecular flexibility index (Phi) is 2.35. The van der Waals surface area contributed by atoms with E-state index in [1.807, 2.05) is 18.2 Å². The molecule has 2 aliphatic carbocycles. The lowest BCUT2D eigenvalue weighted by atomic mass is 9.64. The van der Waals surface area contributed by atoms with Gasteiger partial charge in [0, 0.05) is 5.41 Å². The molecule has 0 amide bonds. The van der Waals surface area contributed by atoms with Crippen LogP contribution in [0.15, 0.2) is 18.2 Å². The maximum atomic E-state index is 11.6. The van der Waals surface area contributed by atoms with Crippen LogP contribution in [0.4, 0.5) is 0 Å². The van der Waals surface area contributed by atoms with Gasteiger partial charge in [-0.25, -0.2) is 0 Å². The lowest BCUT2D eigenvalue weighted by Gasteiger charge is -2.38. The summed E-state index contributed by atoms with van der Waals surface area (Å²) in [5.41, 5.74) is 0.354. The third-order valence-corrected chi connectivity index (χ3v) is 5.14. The predicted molar refractivity (Wildman–Crippen MR) is 72.3 cm³/mol. The second kappa shape index (κ2) is 3.90. The monoisotopic (exact) mass is 274 g/mol. The molecule has 1 aliphatic heterocycles. The Morgan fingerprint density at radius 3 is 2.30 bits per heavy atom. The van der Waals surface area contributed by atoms with Crippen molar-refractivity contribution in [2.45, 2.75) is 37.5 Å². The van der Waals surface area contributed by atoms with Crippen LogP contribution < -0.4 is 9.47 Å². The number of hydrogen-bond donors (Lipinski definition) is 1. The topological polar surface area (TPSA) is 55.8 Å². The van der Waals surface area contributed by atoms with Gasteiger partial charge < -0.3 is 14.6 Å². The average molecular weight is 274 g/mol. The largest absolute Gasteiger partial charge is 0.489 e. The first-order valence-electron chi connectivity index (χ1n) is 7.27. The second-order valence-corrected chi connectivity index (χ2v) is 6.48. The molecule has 3 aliphatic rings. The summed E-state index contributed by atoms with van der Waals surface area (Å²) in [6.07, 6.45) is 4.72. The first kappa shape index (κ1) is 12.1. The molecule has 0 saturated heterocycles. The van der Waals surface area contributed by atoms with Crippen molar-refractivity contribution < 1.29 is 19.4 Å². The number of aliphatic carboxylic acids is 1. The third kappa shape index (κ3) is 1.63. The summed E-state index contributed by atoms with van der Waals surface area (Å²) in [6, 6.07) is 5.64. The fraction of sp³-hybridized carbons (Fsp3) is 0.562. The molecule has 0 unspecified atom stereocenters. The van der Waals surface area contributed by atoms with Crippen molar-refractivity contribution in [1.82, 2.24) is 0 Å². The van der Waals surface area contributed by atoms with Crippen molar-refractivity contribution in [2.24, 2.45) is 5.41 Å². The highest BCUT2D eigenvalue weighted by molar-refractivity contribution is 5.83. The first-order chi connectivity index (χ1) is 9.64. The van der Waals surface area contributed by atoms with Crippen LogP contribution in [0.3, 0.4) is 0 Å². The number of carboxylic acid groups (broad SMARTS) is 1. The third-order valence-electron chi connectivity index (χ3n) is 5.14. The molecular weight excluding hydrogens is 256 g/mol. The van der Waals surface area contributed by atoms with Crippen LogP contribution in [0.5, 0.6) is 11.5 Å². The summed E-state index contributed by atoms with van der Waals surface area (Å²) in [5, 5.41) is 9.52. The molecule has 106 valence electrons. The Labute approximate surface area is 117 Å². The summed E-state index contributed by atoms with van der Waals surface area (Å²) in [5.74, 6) is 0.730. The smallest absolute Gasteiger partial charge is 0.314 e. The van der Waals surface area contributed by atoms with Crippen molar-refractivity contribution in [3.63, 3.8) is 0 Å². The highest BCUT2D eigenvalue weighted by Crippen LogP contribution is 2.50. The van der Waals surface area contributed by atoms with E-state index in [4.69, 9.17) is 9.47 Å². The molecule has 0 bridgehead atoms. The lowest BCUT2D eigenvalue weighted by molar-refractivity contribution is -0.147. The van der Waals surface area contributed by atoms with Crippen molar-refractivity contribution in [2.75, 3.05) is 13.2 Å². The number of carboxylic acids is 1. The molecule has 20 heavy (non-hydrogen) atoms. The molecule has 4 heteroatoms. The maximum absolute atomic E-state index is 11.6. The summed E-state index contributed by atoms with van der Waals surface area (Å²) < 4.78 is 11.7. The second-order valence-electron chi connectivity index (χ2n) is 6.48. The molecule has 0 atom stereocenters. The fourth-order valence-electron chi connectivity index (χ4n) is 3.16. The highest BCUT2D eigenvalue weighted by atomic mass is 16.5. The van der Waals surface area contributed by atoms with Crippen LogP contribution in [0.25, 0.3) is 0 Å². The van der Waals surface area contributed by atoms with E-state index in [9.17, 15) is 9.90 Å². The number of ether oxygens (including phenoxy) is 2. The SMILES string of the molecule is O=C(O)C1(c2ccc3c(c2)OCC2(CC2)CO3)CCC1. The minimum absolute atomic E-state index is 0.208. The van der Waals surface area contributed by atoms with Gasteiger partial charge in [-0.3, -0.25) is 4.79 Å². The van der Waals surface area contributed by atoms with E-state index < -0.39 is 11.4 Å². The normalized spacial score (nSPS) is 24.6. The van der Waals surface area contributed by atoms with Crippen molar-refractivity contribution in [1.29, 1.82) is 0 Å². The van der Waals surface area contributed by atoms with Gasteiger partial charge in [0.1, 0.15) is 0 Å². The number of hydrogen-bond acceptors (Lipinski definition) is 3. The van der Waals surface area contributed by atoms with Crippen LogP contribution >= 0.6 is 0 Å². The Morgan fingerprint density at radius 2 is 1.75 bits per heavy atom. The van der Waals surface area contributed by atoms with Gasteiger partial charge in [0.15, 0.2) is 11.5 Å². The number of carbonyl (C=O) groups is 1. The molecule has 0 aromatic heterocycles. The number of rotatable bonds is 2. The molecule has 2 fully saturated rings. The molecule has 4 rings (SSSR count). The standard InChI is InChI=1S/C16H18O4/c17-14(18)16(4-1-5-16)11-2-3-12-13(8-11)20-10-15(6-7-15)9-19-12/h2-3,8H,1,4-7,9-10H2,(H,17,18).